The number of sulfonamides is 1. The maximum Gasteiger partial charge on any atom is 0.243 e. The first-order valence-electron chi connectivity index (χ1n) is 9.42. The molecule has 1 aliphatic rings. The predicted octanol–water partition coefficient (Wildman–Crippen LogP) is 4.32. The number of aromatic nitrogens is 1. The Bertz CT molecular complexity index is 1070. The number of piperazine rings is 1. The van der Waals surface area contributed by atoms with Gasteiger partial charge in [0.05, 0.1) is 10.6 Å². The minimum Gasteiger partial charge on any atom is -0.345 e. The van der Waals surface area contributed by atoms with E-state index in [0.717, 1.165) is 21.7 Å². The Morgan fingerprint density at radius 1 is 1.00 bits per heavy atom. The summed E-state index contributed by atoms with van der Waals surface area (Å²) >= 11 is 4.97. The molecule has 4 rings (SSSR count). The highest BCUT2D eigenvalue weighted by molar-refractivity contribution is 9.10. The van der Waals surface area contributed by atoms with Crippen LogP contribution in [0.25, 0.3) is 0 Å². The summed E-state index contributed by atoms with van der Waals surface area (Å²) in [6, 6.07) is 15.3. The van der Waals surface area contributed by atoms with Crippen molar-refractivity contribution in [2.75, 3.05) is 31.1 Å². The van der Waals surface area contributed by atoms with E-state index in [2.05, 4.69) is 57.4 Å². The fourth-order valence-electron chi connectivity index (χ4n) is 3.31. The van der Waals surface area contributed by atoms with E-state index in [1.165, 1.54) is 11.1 Å². The van der Waals surface area contributed by atoms with Crippen LogP contribution in [0.2, 0.25) is 0 Å². The maximum absolute atomic E-state index is 12.9. The van der Waals surface area contributed by atoms with E-state index in [0.29, 0.717) is 31.1 Å². The molecular weight excluding hydrogens is 470 g/mol. The molecule has 0 N–H and O–H groups in total. The van der Waals surface area contributed by atoms with Gasteiger partial charge in [-0.15, -0.1) is 11.3 Å². The molecule has 0 unspecified atom stereocenters. The largest absolute Gasteiger partial charge is 0.345 e. The maximum atomic E-state index is 12.9. The number of halogens is 1. The van der Waals surface area contributed by atoms with Crippen molar-refractivity contribution in [3.63, 3.8) is 0 Å². The van der Waals surface area contributed by atoms with Gasteiger partial charge < -0.3 is 4.90 Å². The van der Waals surface area contributed by atoms with Crippen LogP contribution >= 0.6 is 27.3 Å². The molecule has 0 bridgehead atoms. The van der Waals surface area contributed by atoms with E-state index in [1.807, 2.05) is 0 Å². The highest BCUT2D eigenvalue weighted by Crippen LogP contribution is 2.25. The minimum atomic E-state index is -3.45. The van der Waals surface area contributed by atoms with Crippen LogP contribution in [-0.2, 0) is 16.4 Å². The van der Waals surface area contributed by atoms with Crippen LogP contribution in [0.4, 0.5) is 5.13 Å². The van der Waals surface area contributed by atoms with Crippen molar-refractivity contribution < 1.29 is 8.42 Å². The average molecular weight is 492 g/mol. The molecule has 0 spiro atoms. The van der Waals surface area contributed by atoms with Crippen LogP contribution in [0.3, 0.4) is 0 Å². The number of nitrogens with zero attached hydrogens (tertiary/aromatic N) is 3. The molecule has 1 aromatic heterocycles. The van der Waals surface area contributed by atoms with Crippen molar-refractivity contribution in [2.24, 2.45) is 0 Å². The Kier molecular flexibility index (Phi) is 6.06. The van der Waals surface area contributed by atoms with Crippen LogP contribution < -0.4 is 4.90 Å². The second kappa shape index (κ2) is 8.55. The number of benzene rings is 2. The lowest BCUT2D eigenvalue weighted by Crippen LogP contribution is -2.48. The monoisotopic (exact) mass is 491 g/mol. The molecule has 5 nitrogen and oxygen atoms in total. The molecule has 1 fully saturated rings. The lowest BCUT2D eigenvalue weighted by atomic mass is 10.1. The first-order valence-corrected chi connectivity index (χ1v) is 12.5. The van der Waals surface area contributed by atoms with E-state index in [9.17, 15) is 8.42 Å². The van der Waals surface area contributed by atoms with Gasteiger partial charge in [-0.25, -0.2) is 13.4 Å². The van der Waals surface area contributed by atoms with E-state index >= 15 is 0 Å². The molecule has 2 heterocycles. The summed E-state index contributed by atoms with van der Waals surface area (Å²) in [6.07, 6.45) is 0.814. The smallest absolute Gasteiger partial charge is 0.243 e. The third-order valence-corrected chi connectivity index (χ3v) is 8.40. The SMILES string of the molecule is Cc1ccc(Cc2csc(N3CCN(S(=O)(=O)c4ccc(Br)cc4)CC3)n2)cc1. The van der Waals surface area contributed by atoms with E-state index in [4.69, 9.17) is 4.98 Å². The quantitative estimate of drug-likeness (QED) is 0.533. The first-order chi connectivity index (χ1) is 13.9. The van der Waals surface area contributed by atoms with Gasteiger partial charge >= 0.3 is 0 Å². The molecule has 0 aliphatic carbocycles. The molecule has 0 amide bonds. The lowest BCUT2D eigenvalue weighted by Gasteiger charge is -2.33. The third kappa shape index (κ3) is 4.71. The third-order valence-electron chi connectivity index (χ3n) is 5.01. The second-order valence-electron chi connectivity index (χ2n) is 7.13. The van der Waals surface area contributed by atoms with Crippen LogP contribution in [0.5, 0.6) is 0 Å². The lowest BCUT2D eigenvalue weighted by molar-refractivity contribution is 0.384. The Morgan fingerprint density at radius 3 is 2.31 bits per heavy atom. The summed E-state index contributed by atoms with van der Waals surface area (Å²) in [5, 5.41) is 3.06. The summed E-state index contributed by atoms with van der Waals surface area (Å²) < 4.78 is 28.1. The zero-order valence-corrected chi connectivity index (χ0v) is 19.3. The van der Waals surface area contributed by atoms with E-state index < -0.39 is 10.0 Å². The van der Waals surface area contributed by atoms with Crippen LogP contribution in [0.15, 0.2) is 63.3 Å². The summed E-state index contributed by atoms with van der Waals surface area (Å²) in [4.78, 5) is 7.29. The van der Waals surface area contributed by atoms with Crippen LogP contribution in [0.1, 0.15) is 16.8 Å². The Balaban J connectivity index is 1.39. The molecule has 8 heteroatoms. The van der Waals surface area contributed by atoms with Crippen molar-refractivity contribution in [3.05, 3.63) is 75.2 Å². The van der Waals surface area contributed by atoms with Gasteiger partial charge in [0.2, 0.25) is 10.0 Å². The number of anilines is 1. The second-order valence-corrected chi connectivity index (χ2v) is 10.8. The minimum absolute atomic E-state index is 0.337. The van der Waals surface area contributed by atoms with Gasteiger partial charge in [0, 0.05) is 42.5 Å². The molecule has 1 aliphatic heterocycles. The van der Waals surface area contributed by atoms with Gasteiger partial charge in [-0.2, -0.15) is 4.31 Å². The van der Waals surface area contributed by atoms with Crippen molar-refractivity contribution in [3.8, 4) is 0 Å². The fourth-order valence-corrected chi connectivity index (χ4v) is 5.88. The number of aryl methyl sites for hydroxylation is 1. The average Bonchev–Trinajstić information content (AvgIpc) is 3.19. The van der Waals surface area contributed by atoms with Gasteiger partial charge in [-0.1, -0.05) is 45.8 Å². The standard InChI is InChI=1S/C21H22BrN3O2S2/c1-16-2-4-17(5-3-16)14-19-15-28-21(23-19)24-10-12-25(13-11-24)29(26,27)20-8-6-18(22)7-9-20/h2-9,15H,10-14H2,1H3. The van der Waals surface area contributed by atoms with Crippen molar-refractivity contribution in [1.82, 2.24) is 9.29 Å². The number of hydrogen-bond acceptors (Lipinski definition) is 5. The summed E-state index contributed by atoms with van der Waals surface area (Å²) in [6.45, 7) is 4.30. The van der Waals surface area contributed by atoms with Crippen molar-refractivity contribution >= 4 is 42.4 Å². The van der Waals surface area contributed by atoms with Crippen molar-refractivity contribution in [1.29, 1.82) is 0 Å². The molecule has 152 valence electrons. The predicted molar refractivity (Wildman–Crippen MR) is 121 cm³/mol. The van der Waals surface area contributed by atoms with Gasteiger partial charge in [0.15, 0.2) is 5.13 Å². The molecule has 29 heavy (non-hydrogen) atoms. The first kappa shape index (κ1) is 20.5. The molecule has 3 aromatic rings. The highest BCUT2D eigenvalue weighted by Gasteiger charge is 2.29. The summed E-state index contributed by atoms with van der Waals surface area (Å²) in [5.74, 6) is 0. The van der Waals surface area contributed by atoms with Crippen molar-refractivity contribution in [2.45, 2.75) is 18.2 Å². The van der Waals surface area contributed by atoms with Crippen LogP contribution in [0, 0.1) is 6.92 Å². The Hall–Kier alpha value is -1.74. The van der Waals surface area contributed by atoms with Gasteiger partial charge in [0.1, 0.15) is 0 Å². The fraction of sp³-hybridized carbons (Fsp3) is 0.286. The van der Waals surface area contributed by atoms with E-state index in [1.54, 1.807) is 39.9 Å². The zero-order chi connectivity index (χ0) is 20.4. The van der Waals surface area contributed by atoms with E-state index in [-0.39, 0.29) is 0 Å². The van der Waals surface area contributed by atoms with Gasteiger partial charge in [-0.3, -0.25) is 0 Å². The molecule has 2 aromatic carbocycles. The number of hydrogen-bond donors (Lipinski definition) is 0. The number of rotatable bonds is 5. The summed E-state index contributed by atoms with van der Waals surface area (Å²) in [5.41, 5.74) is 3.56. The van der Waals surface area contributed by atoms with Gasteiger partial charge in [-0.05, 0) is 36.8 Å². The molecule has 0 radical (unpaired) electrons. The summed E-state index contributed by atoms with van der Waals surface area (Å²) in [7, 11) is -3.45. The Morgan fingerprint density at radius 2 is 1.66 bits per heavy atom. The highest BCUT2D eigenvalue weighted by atomic mass is 79.9. The van der Waals surface area contributed by atoms with Gasteiger partial charge in [0.25, 0.3) is 0 Å². The molecule has 1 saturated heterocycles. The topological polar surface area (TPSA) is 53.5 Å². The zero-order valence-electron chi connectivity index (χ0n) is 16.1. The molecular formula is C21H22BrN3O2S2. The molecule has 0 atom stereocenters. The Labute approximate surface area is 184 Å². The normalized spacial score (nSPS) is 15.6. The molecule has 0 saturated carbocycles. The number of thiazole rings is 1. The van der Waals surface area contributed by atoms with Crippen LogP contribution in [-0.4, -0.2) is 43.9 Å².